The topological polar surface area (TPSA) is 119 Å². The third kappa shape index (κ3) is 5.20. The van der Waals surface area contributed by atoms with Crippen LogP contribution in [0, 0.1) is 23.0 Å². The van der Waals surface area contributed by atoms with Crippen molar-refractivity contribution in [1.29, 1.82) is 0 Å². The van der Waals surface area contributed by atoms with Gasteiger partial charge in [0.15, 0.2) is 0 Å². The van der Waals surface area contributed by atoms with Gasteiger partial charge >= 0.3 is 0 Å². The van der Waals surface area contributed by atoms with Gasteiger partial charge in [-0.25, -0.2) is 8.42 Å². The van der Waals surface area contributed by atoms with Gasteiger partial charge in [0.1, 0.15) is 5.75 Å². The molecule has 1 fully saturated rings. The minimum Gasteiger partial charge on any atom is -0.494 e. The van der Waals surface area contributed by atoms with E-state index < -0.39 is 14.9 Å². The lowest BCUT2D eigenvalue weighted by Gasteiger charge is -2.30. The number of aryl methyl sites for hydroxylation is 1. The highest BCUT2D eigenvalue weighted by molar-refractivity contribution is 7.89. The van der Waals surface area contributed by atoms with Crippen LogP contribution in [0.2, 0.25) is 0 Å². The van der Waals surface area contributed by atoms with Gasteiger partial charge in [-0.05, 0) is 56.5 Å². The molecule has 0 atom stereocenters. The van der Waals surface area contributed by atoms with E-state index in [9.17, 15) is 23.3 Å². The van der Waals surface area contributed by atoms with E-state index >= 15 is 0 Å². The summed E-state index contributed by atoms with van der Waals surface area (Å²) in [5, 5.41) is 13.9. The van der Waals surface area contributed by atoms with Crippen LogP contribution >= 0.6 is 0 Å². The molecule has 1 heterocycles. The van der Waals surface area contributed by atoms with Crippen molar-refractivity contribution in [2.24, 2.45) is 5.92 Å². The molecule has 0 radical (unpaired) electrons. The molecular weight excluding hydrogens is 422 g/mol. The lowest BCUT2D eigenvalue weighted by Crippen LogP contribution is -2.41. The molecule has 1 aliphatic rings. The molecule has 166 valence electrons. The second-order valence-electron chi connectivity index (χ2n) is 7.33. The van der Waals surface area contributed by atoms with Crippen LogP contribution in [0.25, 0.3) is 0 Å². The van der Waals surface area contributed by atoms with E-state index in [0.717, 1.165) is 11.8 Å². The average molecular weight is 448 g/mol. The predicted molar refractivity (Wildman–Crippen MR) is 116 cm³/mol. The van der Waals surface area contributed by atoms with Gasteiger partial charge in [0.2, 0.25) is 15.9 Å². The van der Waals surface area contributed by atoms with Crippen LogP contribution in [0.15, 0.2) is 47.4 Å². The van der Waals surface area contributed by atoms with Crippen LogP contribution in [0.1, 0.15) is 25.3 Å². The molecule has 2 aromatic carbocycles. The normalized spacial score (nSPS) is 15.4. The van der Waals surface area contributed by atoms with Crippen LogP contribution < -0.4 is 10.1 Å². The van der Waals surface area contributed by atoms with Crippen LogP contribution in [0.5, 0.6) is 5.75 Å². The number of piperidine rings is 1. The van der Waals surface area contributed by atoms with Gasteiger partial charge in [0.25, 0.3) is 5.69 Å². The first-order valence-corrected chi connectivity index (χ1v) is 11.4. The number of nitro benzene ring substituents is 1. The second kappa shape index (κ2) is 9.44. The predicted octanol–water partition coefficient (Wildman–Crippen LogP) is 3.34. The van der Waals surface area contributed by atoms with Gasteiger partial charge < -0.3 is 10.1 Å². The lowest BCUT2D eigenvalue weighted by molar-refractivity contribution is -0.385. The van der Waals surface area contributed by atoms with E-state index in [1.807, 2.05) is 6.92 Å². The van der Waals surface area contributed by atoms with Crippen LogP contribution in [0.3, 0.4) is 0 Å². The van der Waals surface area contributed by atoms with Crippen molar-refractivity contribution in [3.63, 3.8) is 0 Å². The monoisotopic (exact) mass is 447 g/mol. The number of nitro groups is 1. The number of hydrogen-bond donors (Lipinski definition) is 1. The molecule has 0 spiro atoms. The molecule has 1 amide bonds. The number of amides is 1. The molecular formula is C21H25N3O6S. The Kier molecular flexibility index (Phi) is 6.91. The Morgan fingerprint density at radius 2 is 1.84 bits per heavy atom. The number of rotatable bonds is 7. The van der Waals surface area contributed by atoms with Crippen molar-refractivity contribution in [2.45, 2.75) is 31.6 Å². The smallest absolute Gasteiger partial charge is 0.270 e. The minimum absolute atomic E-state index is 0.0704. The zero-order chi connectivity index (χ0) is 22.6. The summed E-state index contributed by atoms with van der Waals surface area (Å²) in [6, 6.07) is 10.9. The second-order valence-corrected chi connectivity index (χ2v) is 9.24. The number of anilines is 1. The van der Waals surface area contributed by atoms with Gasteiger partial charge in [-0.1, -0.05) is 6.07 Å². The van der Waals surface area contributed by atoms with Crippen LogP contribution in [-0.4, -0.2) is 43.2 Å². The first kappa shape index (κ1) is 22.7. The minimum atomic E-state index is -3.88. The Morgan fingerprint density at radius 3 is 2.42 bits per heavy atom. The average Bonchev–Trinajstić information content (AvgIpc) is 2.75. The summed E-state index contributed by atoms with van der Waals surface area (Å²) < 4.78 is 32.7. The number of nitrogens with one attached hydrogen (secondary N) is 1. The summed E-state index contributed by atoms with van der Waals surface area (Å²) in [4.78, 5) is 22.9. The molecule has 2 aromatic rings. The Hall–Kier alpha value is -2.98. The highest BCUT2D eigenvalue weighted by Crippen LogP contribution is 2.29. The summed E-state index contributed by atoms with van der Waals surface area (Å²) in [5.41, 5.74) is 0.825. The fourth-order valence-electron chi connectivity index (χ4n) is 3.52. The number of non-ortho nitro benzene ring substituents is 1. The van der Waals surface area contributed by atoms with Gasteiger partial charge in [-0.3, -0.25) is 14.9 Å². The van der Waals surface area contributed by atoms with Gasteiger partial charge in [0.05, 0.1) is 16.4 Å². The zero-order valence-electron chi connectivity index (χ0n) is 17.4. The molecule has 1 N–H and O–H groups in total. The van der Waals surface area contributed by atoms with E-state index in [0.29, 0.717) is 30.7 Å². The maximum atomic E-state index is 13.0. The zero-order valence-corrected chi connectivity index (χ0v) is 18.2. The Balaban J connectivity index is 1.64. The van der Waals surface area contributed by atoms with Gasteiger partial charge in [-0.2, -0.15) is 4.31 Å². The van der Waals surface area contributed by atoms with Crippen LogP contribution in [-0.2, 0) is 14.8 Å². The maximum Gasteiger partial charge on any atom is 0.270 e. The van der Waals surface area contributed by atoms with Crippen molar-refractivity contribution in [3.8, 4) is 5.75 Å². The molecule has 0 bridgehead atoms. The van der Waals surface area contributed by atoms with Crippen molar-refractivity contribution < 1.29 is 22.9 Å². The van der Waals surface area contributed by atoms with E-state index in [1.54, 1.807) is 31.2 Å². The van der Waals surface area contributed by atoms with E-state index in [4.69, 9.17) is 4.74 Å². The largest absolute Gasteiger partial charge is 0.494 e. The lowest BCUT2D eigenvalue weighted by atomic mass is 9.97. The molecule has 1 saturated heterocycles. The maximum absolute atomic E-state index is 13.0. The van der Waals surface area contributed by atoms with Crippen molar-refractivity contribution in [2.75, 3.05) is 25.0 Å². The highest BCUT2D eigenvalue weighted by atomic mass is 32.2. The Bertz CT molecular complexity index is 1060. The first-order valence-electron chi connectivity index (χ1n) is 10.0. The van der Waals surface area contributed by atoms with Crippen LogP contribution in [0.4, 0.5) is 11.4 Å². The number of hydrogen-bond acceptors (Lipinski definition) is 6. The Labute approximate surface area is 181 Å². The quantitative estimate of drug-likeness (QED) is 0.514. The summed E-state index contributed by atoms with van der Waals surface area (Å²) in [6.45, 7) is 4.40. The van der Waals surface area contributed by atoms with Crippen molar-refractivity contribution >= 4 is 27.3 Å². The fraction of sp³-hybridized carbons (Fsp3) is 0.381. The van der Waals surface area contributed by atoms with E-state index in [1.165, 1.54) is 16.4 Å². The molecule has 0 aliphatic carbocycles. The third-order valence-corrected chi connectivity index (χ3v) is 7.30. The highest BCUT2D eigenvalue weighted by Gasteiger charge is 2.33. The van der Waals surface area contributed by atoms with Crippen molar-refractivity contribution in [1.82, 2.24) is 4.31 Å². The molecule has 10 heteroatoms. The fourth-order valence-corrected chi connectivity index (χ4v) is 5.24. The van der Waals surface area contributed by atoms with E-state index in [-0.39, 0.29) is 35.5 Å². The molecule has 0 saturated carbocycles. The molecule has 3 rings (SSSR count). The van der Waals surface area contributed by atoms with Crippen molar-refractivity contribution in [3.05, 3.63) is 58.1 Å². The summed E-state index contributed by atoms with van der Waals surface area (Å²) in [6.07, 6.45) is 0.742. The molecule has 9 nitrogen and oxygen atoms in total. The molecule has 1 aliphatic heterocycles. The number of carbonyl (C=O) groups is 1. The molecule has 31 heavy (non-hydrogen) atoms. The number of carbonyl (C=O) groups excluding carboxylic acids is 1. The summed E-state index contributed by atoms with van der Waals surface area (Å²) >= 11 is 0. The molecule has 0 unspecified atom stereocenters. The molecule has 0 aromatic heterocycles. The standard InChI is InChI=1S/C21H25N3O6S/c1-3-30-19-8-5-17(6-9-19)22-21(25)16-10-12-23(13-11-16)31(28,29)20-14-18(24(26)27)7-4-15(20)2/h4-9,14,16H,3,10-13H2,1-2H3,(H,22,25). The van der Waals surface area contributed by atoms with Gasteiger partial charge in [-0.15, -0.1) is 0 Å². The SMILES string of the molecule is CCOc1ccc(NC(=O)C2CCN(S(=O)(=O)c3cc([N+](=O)[O-])ccc3C)CC2)cc1. The van der Waals surface area contributed by atoms with Gasteiger partial charge in [0, 0.05) is 36.8 Å². The summed E-state index contributed by atoms with van der Waals surface area (Å²) in [5.74, 6) is 0.243. The number of nitrogens with zero attached hydrogens (tertiary/aromatic N) is 2. The van der Waals surface area contributed by atoms with E-state index in [2.05, 4.69) is 5.32 Å². The Morgan fingerprint density at radius 1 is 1.19 bits per heavy atom. The first-order chi connectivity index (χ1) is 14.7. The third-order valence-electron chi connectivity index (χ3n) is 5.26. The number of benzene rings is 2. The number of ether oxygens (including phenoxy) is 1. The summed E-state index contributed by atoms with van der Waals surface area (Å²) in [7, 11) is -3.88. The number of sulfonamides is 1.